The second-order valence-electron chi connectivity index (χ2n) is 4.47. The minimum Gasteiger partial charge on any atom is -0.342 e. The van der Waals surface area contributed by atoms with Crippen molar-refractivity contribution >= 4 is 30.7 Å². The molecule has 0 bridgehead atoms. The number of nitrogens with zero attached hydrogens (tertiary/aromatic N) is 2. The van der Waals surface area contributed by atoms with E-state index < -0.39 is 0 Å². The molecule has 2 aliphatic heterocycles. The Hall–Kier alpha value is -0.0300. The number of halogens is 2. The number of hydrogen-bond acceptors (Lipinski definition) is 3. The van der Waals surface area contributed by atoms with Gasteiger partial charge >= 0.3 is 0 Å². The first-order chi connectivity index (χ1) is 7.36. The van der Waals surface area contributed by atoms with Crippen LogP contribution in [0, 0.1) is 0 Å². The summed E-state index contributed by atoms with van der Waals surface area (Å²) in [6, 6.07) is 0. The summed E-state index contributed by atoms with van der Waals surface area (Å²) in [5, 5.41) is 3.30. The zero-order chi connectivity index (χ0) is 10.5. The quantitative estimate of drug-likeness (QED) is 0.813. The fraction of sp³-hybridized carbons (Fsp3) is 0.909. The second kappa shape index (κ2) is 8.97. The Balaban J connectivity index is 0.00000128. The zero-order valence-electron chi connectivity index (χ0n) is 10.2. The number of piperidine rings is 1. The molecule has 6 heteroatoms. The highest BCUT2D eigenvalue weighted by atomic mass is 35.5. The van der Waals surface area contributed by atoms with Gasteiger partial charge in [0.05, 0.1) is 6.54 Å². The average Bonchev–Trinajstić information content (AvgIpc) is 2.31. The number of piperazine rings is 1. The maximum absolute atomic E-state index is 11.9. The molecule has 0 radical (unpaired) electrons. The van der Waals surface area contributed by atoms with Gasteiger partial charge in [0.1, 0.15) is 0 Å². The molecule has 2 rings (SSSR count). The molecule has 2 saturated heterocycles. The van der Waals surface area contributed by atoms with E-state index in [1.165, 1.54) is 19.3 Å². The van der Waals surface area contributed by atoms with Crippen LogP contribution >= 0.6 is 24.8 Å². The normalized spacial score (nSPS) is 21.3. The Kier molecular flexibility index (Phi) is 8.96. The molecule has 0 unspecified atom stereocenters. The predicted octanol–water partition coefficient (Wildman–Crippen LogP) is 0.748. The van der Waals surface area contributed by atoms with Gasteiger partial charge in [0.25, 0.3) is 0 Å². The number of rotatable bonds is 2. The van der Waals surface area contributed by atoms with Crippen LogP contribution in [0.2, 0.25) is 0 Å². The van der Waals surface area contributed by atoms with Crippen LogP contribution in [-0.4, -0.2) is 61.5 Å². The standard InChI is InChI=1S/C11H21N3O.2ClH/c15-11(14-6-2-1-3-7-14)10-13-8-4-12-5-9-13;;/h12H,1-10H2;2*1H. The van der Waals surface area contributed by atoms with Gasteiger partial charge in [0.2, 0.25) is 5.91 Å². The summed E-state index contributed by atoms with van der Waals surface area (Å²) in [5.41, 5.74) is 0. The topological polar surface area (TPSA) is 35.6 Å². The monoisotopic (exact) mass is 283 g/mol. The van der Waals surface area contributed by atoms with Crippen LogP contribution < -0.4 is 5.32 Å². The van der Waals surface area contributed by atoms with Gasteiger partial charge in [-0.3, -0.25) is 9.69 Å². The molecule has 4 nitrogen and oxygen atoms in total. The predicted molar refractivity (Wildman–Crippen MR) is 74.2 cm³/mol. The first kappa shape index (κ1) is 17.0. The number of likely N-dealkylation sites (tertiary alicyclic amines) is 1. The lowest BCUT2D eigenvalue weighted by atomic mass is 10.1. The van der Waals surface area contributed by atoms with E-state index >= 15 is 0 Å². The van der Waals surface area contributed by atoms with Gasteiger partial charge in [-0.15, -0.1) is 24.8 Å². The van der Waals surface area contributed by atoms with E-state index in [1.54, 1.807) is 0 Å². The van der Waals surface area contributed by atoms with Crippen LogP contribution in [0.25, 0.3) is 0 Å². The van der Waals surface area contributed by atoms with Gasteiger partial charge in [-0.1, -0.05) is 0 Å². The first-order valence-corrected chi connectivity index (χ1v) is 6.07. The molecule has 2 heterocycles. The van der Waals surface area contributed by atoms with Crippen LogP contribution in [0.15, 0.2) is 0 Å². The third-order valence-electron chi connectivity index (χ3n) is 3.28. The van der Waals surface area contributed by atoms with Crippen molar-refractivity contribution in [1.82, 2.24) is 15.1 Å². The Morgan fingerprint density at radius 3 is 2.12 bits per heavy atom. The lowest BCUT2D eigenvalue weighted by molar-refractivity contribution is -0.133. The molecular formula is C11H23Cl2N3O. The molecule has 0 aromatic heterocycles. The van der Waals surface area contributed by atoms with Crippen molar-refractivity contribution in [2.75, 3.05) is 45.8 Å². The summed E-state index contributed by atoms with van der Waals surface area (Å²) in [5.74, 6) is 0.330. The van der Waals surface area contributed by atoms with E-state index in [2.05, 4.69) is 10.2 Å². The van der Waals surface area contributed by atoms with Crippen molar-refractivity contribution in [2.24, 2.45) is 0 Å². The summed E-state index contributed by atoms with van der Waals surface area (Å²) in [6.07, 6.45) is 3.66. The number of carbonyl (C=O) groups is 1. The van der Waals surface area contributed by atoms with Crippen LogP contribution in [0.5, 0.6) is 0 Å². The zero-order valence-corrected chi connectivity index (χ0v) is 11.8. The van der Waals surface area contributed by atoms with Gasteiger partial charge in [-0.2, -0.15) is 0 Å². The lowest BCUT2D eigenvalue weighted by Gasteiger charge is -2.31. The Morgan fingerprint density at radius 2 is 1.53 bits per heavy atom. The molecule has 0 atom stereocenters. The van der Waals surface area contributed by atoms with Crippen LogP contribution in [-0.2, 0) is 4.79 Å². The molecule has 0 aromatic rings. The second-order valence-corrected chi connectivity index (χ2v) is 4.47. The third kappa shape index (κ3) is 5.42. The highest BCUT2D eigenvalue weighted by Gasteiger charge is 2.19. The van der Waals surface area contributed by atoms with E-state index in [9.17, 15) is 4.79 Å². The molecule has 1 N–H and O–H groups in total. The van der Waals surface area contributed by atoms with Gasteiger partial charge in [0, 0.05) is 39.3 Å². The van der Waals surface area contributed by atoms with E-state index in [-0.39, 0.29) is 24.8 Å². The minimum atomic E-state index is 0. The summed E-state index contributed by atoms with van der Waals surface area (Å²) >= 11 is 0. The SMILES string of the molecule is Cl.Cl.O=C(CN1CCNCC1)N1CCCCC1. The Bertz CT molecular complexity index is 217. The molecule has 1 amide bonds. The summed E-state index contributed by atoms with van der Waals surface area (Å²) in [4.78, 5) is 16.2. The molecule has 0 saturated carbocycles. The molecule has 2 aliphatic rings. The number of carbonyl (C=O) groups excluding carboxylic acids is 1. The van der Waals surface area contributed by atoms with Crippen molar-refractivity contribution in [3.05, 3.63) is 0 Å². The highest BCUT2D eigenvalue weighted by Crippen LogP contribution is 2.09. The third-order valence-corrected chi connectivity index (χ3v) is 3.28. The maximum Gasteiger partial charge on any atom is 0.236 e. The van der Waals surface area contributed by atoms with Gasteiger partial charge < -0.3 is 10.2 Å². The molecule has 0 spiro atoms. The molecule has 102 valence electrons. The molecule has 0 aromatic carbocycles. The van der Waals surface area contributed by atoms with E-state index in [0.717, 1.165) is 39.3 Å². The summed E-state index contributed by atoms with van der Waals surface area (Å²) in [6.45, 7) is 6.65. The average molecular weight is 284 g/mol. The largest absolute Gasteiger partial charge is 0.342 e. The van der Waals surface area contributed by atoms with Crippen molar-refractivity contribution in [3.8, 4) is 0 Å². The summed E-state index contributed by atoms with van der Waals surface area (Å²) < 4.78 is 0. The van der Waals surface area contributed by atoms with Crippen molar-refractivity contribution < 1.29 is 4.79 Å². The fourth-order valence-electron chi connectivity index (χ4n) is 2.30. The van der Waals surface area contributed by atoms with Gasteiger partial charge in [0.15, 0.2) is 0 Å². The first-order valence-electron chi connectivity index (χ1n) is 6.07. The molecule has 2 fully saturated rings. The number of nitrogens with one attached hydrogen (secondary N) is 1. The van der Waals surface area contributed by atoms with Crippen molar-refractivity contribution in [2.45, 2.75) is 19.3 Å². The molecular weight excluding hydrogens is 261 g/mol. The Labute approximate surface area is 116 Å². The van der Waals surface area contributed by atoms with Gasteiger partial charge in [-0.25, -0.2) is 0 Å². The molecule has 0 aliphatic carbocycles. The van der Waals surface area contributed by atoms with Gasteiger partial charge in [-0.05, 0) is 19.3 Å². The number of amides is 1. The summed E-state index contributed by atoms with van der Waals surface area (Å²) in [7, 11) is 0. The van der Waals surface area contributed by atoms with Crippen LogP contribution in [0.3, 0.4) is 0 Å². The van der Waals surface area contributed by atoms with Crippen LogP contribution in [0.1, 0.15) is 19.3 Å². The van der Waals surface area contributed by atoms with Crippen LogP contribution in [0.4, 0.5) is 0 Å². The highest BCUT2D eigenvalue weighted by molar-refractivity contribution is 5.85. The lowest BCUT2D eigenvalue weighted by Crippen LogP contribution is -2.49. The fourth-order valence-corrected chi connectivity index (χ4v) is 2.30. The van der Waals surface area contributed by atoms with E-state index in [4.69, 9.17) is 0 Å². The molecule has 17 heavy (non-hydrogen) atoms. The van der Waals surface area contributed by atoms with E-state index in [1.807, 2.05) is 4.90 Å². The van der Waals surface area contributed by atoms with Crippen molar-refractivity contribution in [1.29, 1.82) is 0 Å². The maximum atomic E-state index is 11.9. The number of hydrogen-bond donors (Lipinski definition) is 1. The minimum absolute atomic E-state index is 0. The Morgan fingerprint density at radius 1 is 0.941 bits per heavy atom. The van der Waals surface area contributed by atoms with E-state index in [0.29, 0.717) is 12.5 Å². The van der Waals surface area contributed by atoms with Crippen molar-refractivity contribution in [3.63, 3.8) is 0 Å². The smallest absolute Gasteiger partial charge is 0.236 e.